The van der Waals surface area contributed by atoms with Crippen LogP contribution in [0.4, 0.5) is 24.7 Å². The number of anilines is 2. The maximum absolute atomic E-state index is 13.0. The second kappa shape index (κ2) is 7.84. The molecule has 9 nitrogen and oxygen atoms in total. The SMILES string of the molecule is Cc1cnc(C(F)(F)F)nc1-n1cc(CCc2nc(C)c3c(n2)N(C)[C@@H](C)C(=O)N3)cn1. The highest BCUT2D eigenvalue weighted by Gasteiger charge is 2.35. The van der Waals surface area contributed by atoms with Crippen LogP contribution in [0.15, 0.2) is 18.6 Å². The van der Waals surface area contributed by atoms with Crippen molar-refractivity contribution in [3.63, 3.8) is 0 Å². The summed E-state index contributed by atoms with van der Waals surface area (Å²) < 4.78 is 40.2. The molecule has 0 unspecified atom stereocenters. The molecule has 0 fully saturated rings. The minimum Gasteiger partial charge on any atom is -0.346 e. The molecule has 4 rings (SSSR count). The summed E-state index contributed by atoms with van der Waals surface area (Å²) in [6.45, 7) is 5.22. The van der Waals surface area contributed by atoms with Gasteiger partial charge in [0.05, 0.1) is 11.9 Å². The molecule has 0 aliphatic carbocycles. The Balaban J connectivity index is 1.54. The summed E-state index contributed by atoms with van der Waals surface area (Å²) in [6.07, 6.45) is 0.729. The number of carbonyl (C=O) groups excluding carboxylic acids is 1. The summed E-state index contributed by atoms with van der Waals surface area (Å²) in [5.41, 5.74) is 2.54. The van der Waals surface area contributed by atoms with E-state index in [1.807, 2.05) is 14.0 Å². The summed E-state index contributed by atoms with van der Waals surface area (Å²) in [5, 5.41) is 7.00. The minimum atomic E-state index is -4.63. The Bertz CT molecular complexity index is 1190. The van der Waals surface area contributed by atoms with Crippen LogP contribution in [-0.4, -0.2) is 48.7 Å². The van der Waals surface area contributed by atoms with Crippen LogP contribution in [0.3, 0.4) is 0 Å². The van der Waals surface area contributed by atoms with Gasteiger partial charge >= 0.3 is 6.18 Å². The van der Waals surface area contributed by atoms with Crippen LogP contribution < -0.4 is 10.2 Å². The second-order valence-electron chi connectivity index (χ2n) is 7.69. The molecule has 1 aliphatic rings. The quantitative estimate of drug-likeness (QED) is 0.657. The molecule has 0 bridgehead atoms. The molecule has 1 aliphatic heterocycles. The van der Waals surface area contributed by atoms with Gasteiger partial charge in [0, 0.05) is 31.4 Å². The molecule has 4 heterocycles. The van der Waals surface area contributed by atoms with E-state index in [1.54, 1.807) is 31.1 Å². The molecule has 3 aromatic rings. The van der Waals surface area contributed by atoms with E-state index in [2.05, 4.69) is 30.4 Å². The van der Waals surface area contributed by atoms with Crippen LogP contribution in [0, 0.1) is 13.8 Å². The molecule has 32 heavy (non-hydrogen) atoms. The molecule has 0 saturated carbocycles. The zero-order chi connectivity index (χ0) is 23.2. The fourth-order valence-corrected chi connectivity index (χ4v) is 3.38. The third kappa shape index (κ3) is 3.99. The van der Waals surface area contributed by atoms with E-state index in [9.17, 15) is 18.0 Å². The predicted molar refractivity (Wildman–Crippen MR) is 110 cm³/mol. The molecule has 3 aromatic heterocycles. The highest BCUT2D eigenvalue weighted by molar-refractivity contribution is 6.02. The number of likely N-dealkylation sites (N-methyl/N-ethyl adjacent to an activating group) is 1. The van der Waals surface area contributed by atoms with E-state index in [4.69, 9.17) is 0 Å². The Labute approximate surface area is 181 Å². The highest BCUT2D eigenvalue weighted by Crippen LogP contribution is 2.31. The molecular weight excluding hydrogens is 425 g/mol. The lowest BCUT2D eigenvalue weighted by atomic mass is 10.1. The first-order valence-corrected chi connectivity index (χ1v) is 9.90. The molecule has 0 saturated heterocycles. The van der Waals surface area contributed by atoms with Crippen LogP contribution in [0.5, 0.6) is 0 Å². The minimum absolute atomic E-state index is 0.0748. The van der Waals surface area contributed by atoms with Gasteiger partial charge in [0.2, 0.25) is 11.7 Å². The van der Waals surface area contributed by atoms with Crippen molar-refractivity contribution < 1.29 is 18.0 Å². The average molecular weight is 446 g/mol. The standard InChI is InChI=1S/C20H21F3N8O/c1-10-7-24-19(20(21,22)23)29-16(10)31-9-13(8-25-31)5-6-14-26-11(2)15-17(27-14)30(4)12(3)18(32)28-15/h7-9,12H,5-6H2,1-4H3,(H,28,32)/t12-/m0/s1. The van der Waals surface area contributed by atoms with Gasteiger partial charge in [-0.15, -0.1) is 0 Å². The molecule has 1 N–H and O–H groups in total. The van der Waals surface area contributed by atoms with Crippen LogP contribution in [0.1, 0.15) is 35.4 Å². The molecule has 168 valence electrons. The Morgan fingerprint density at radius 1 is 1.09 bits per heavy atom. The van der Waals surface area contributed by atoms with Gasteiger partial charge in [0.15, 0.2) is 11.6 Å². The summed E-state index contributed by atoms with van der Waals surface area (Å²) in [6, 6.07) is -0.347. The number of aryl methyl sites for hydroxylation is 4. The zero-order valence-corrected chi connectivity index (χ0v) is 17.9. The van der Waals surface area contributed by atoms with E-state index in [0.717, 1.165) is 11.8 Å². The number of halogens is 3. The van der Waals surface area contributed by atoms with Crippen LogP contribution >= 0.6 is 0 Å². The molecular formula is C20H21F3N8O. The number of fused-ring (bicyclic) bond motifs is 1. The van der Waals surface area contributed by atoms with Gasteiger partial charge in [0.25, 0.3) is 0 Å². The fourth-order valence-electron chi connectivity index (χ4n) is 3.38. The fraction of sp³-hybridized carbons (Fsp3) is 0.400. The number of hydrogen-bond donors (Lipinski definition) is 1. The first-order chi connectivity index (χ1) is 15.0. The smallest absolute Gasteiger partial charge is 0.346 e. The van der Waals surface area contributed by atoms with Crippen molar-refractivity contribution in [2.75, 3.05) is 17.3 Å². The maximum Gasteiger partial charge on any atom is 0.451 e. The van der Waals surface area contributed by atoms with Gasteiger partial charge in [-0.25, -0.2) is 24.6 Å². The Morgan fingerprint density at radius 2 is 1.84 bits per heavy atom. The highest BCUT2D eigenvalue weighted by atomic mass is 19.4. The lowest BCUT2D eigenvalue weighted by Crippen LogP contribution is -2.45. The largest absolute Gasteiger partial charge is 0.451 e. The lowest BCUT2D eigenvalue weighted by Gasteiger charge is -2.32. The number of aromatic nitrogens is 6. The van der Waals surface area contributed by atoms with Crippen molar-refractivity contribution in [3.05, 3.63) is 47.1 Å². The third-order valence-electron chi connectivity index (χ3n) is 5.35. The summed E-state index contributed by atoms with van der Waals surface area (Å²) in [7, 11) is 1.81. The third-order valence-corrected chi connectivity index (χ3v) is 5.35. The number of alkyl halides is 3. The number of nitrogens with one attached hydrogen (secondary N) is 1. The molecule has 0 radical (unpaired) electrons. The van der Waals surface area contributed by atoms with Crippen molar-refractivity contribution in [2.45, 2.75) is 45.8 Å². The van der Waals surface area contributed by atoms with Crippen LogP contribution in [0.2, 0.25) is 0 Å². The average Bonchev–Trinajstić information content (AvgIpc) is 3.20. The Hall–Kier alpha value is -3.57. The van der Waals surface area contributed by atoms with Crippen molar-refractivity contribution in [1.82, 2.24) is 29.7 Å². The van der Waals surface area contributed by atoms with E-state index in [-0.39, 0.29) is 17.8 Å². The van der Waals surface area contributed by atoms with E-state index in [1.165, 1.54) is 4.68 Å². The summed E-state index contributed by atoms with van der Waals surface area (Å²) in [4.78, 5) is 29.9. The van der Waals surface area contributed by atoms with Gasteiger partial charge in [-0.1, -0.05) is 0 Å². The van der Waals surface area contributed by atoms with E-state index >= 15 is 0 Å². The van der Waals surface area contributed by atoms with Gasteiger partial charge in [-0.05, 0) is 32.8 Å². The second-order valence-corrected chi connectivity index (χ2v) is 7.69. The monoisotopic (exact) mass is 446 g/mol. The van der Waals surface area contributed by atoms with Crippen molar-refractivity contribution in [2.24, 2.45) is 0 Å². The summed E-state index contributed by atoms with van der Waals surface area (Å²) in [5.74, 6) is 0.0123. The maximum atomic E-state index is 13.0. The number of amides is 1. The van der Waals surface area contributed by atoms with E-state index in [0.29, 0.717) is 41.4 Å². The molecule has 12 heteroatoms. The zero-order valence-electron chi connectivity index (χ0n) is 17.9. The normalized spacial score (nSPS) is 16.2. The van der Waals surface area contributed by atoms with Gasteiger partial charge in [0.1, 0.15) is 17.6 Å². The van der Waals surface area contributed by atoms with Gasteiger partial charge < -0.3 is 10.2 Å². The first kappa shape index (κ1) is 21.7. The molecule has 0 aromatic carbocycles. The van der Waals surface area contributed by atoms with Gasteiger partial charge in [-0.3, -0.25) is 4.79 Å². The van der Waals surface area contributed by atoms with Gasteiger partial charge in [-0.2, -0.15) is 18.3 Å². The van der Waals surface area contributed by atoms with Crippen molar-refractivity contribution in [1.29, 1.82) is 0 Å². The number of rotatable bonds is 4. The Kier molecular flexibility index (Phi) is 5.31. The number of hydrogen-bond acceptors (Lipinski definition) is 7. The molecule has 0 spiro atoms. The number of nitrogens with zero attached hydrogens (tertiary/aromatic N) is 7. The topological polar surface area (TPSA) is 102 Å². The Morgan fingerprint density at radius 3 is 2.56 bits per heavy atom. The first-order valence-electron chi connectivity index (χ1n) is 9.90. The molecule has 1 atom stereocenters. The van der Waals surface area contributed by atoms with E-state index < -0.39 is 12.0 Å². The molecule has 1 amide bonds. The summed E-state index contributed by atoms with van der Waals surface area (Å²) >= 11 is 0. The van der Waals surface area contributed by atoms with Crippen LogP contribution in [0.25, 0.3) is 5.82 Å². The number of carbonyl (C=O) groups is 1. The van der Waals surface area contributed by atoms with Crippen molar-refractivity contribution >= 4 is 17.4 Å². The predicted octanol–water partition coefficient (Wildman–Crippen LogP) is 2.65. The van der Waals surface area contributed by atoms with Crippen molar-refractivity contribution in [3.8, 4) is 5.82 Å². The van der Waals surface area contributed by atoms with Crippen LogP contribution in [-0.2, 0) is 23.8 Å². The lowest BCUT2D eigenvalue weighted by molar-refractivity contribution is -0.145.